The third-order valence-corrected chi connectivity index (χ3v) is 3.26. The lowest BCUT2D eigenvalue weighted by molar-refractivity contribution is -0.137. The Morgan fingerprint density at radius 1 is 1.32 bits per heavy atom. The van der Waals surface area contributed by atoms with Gasteiger partial charge >= 0.3 is 6.18 Å². The summed E-state index contributed by atoms with van der Waals surface area (Å²) in [6, 6.07) is 4.24. The van der Waals surface area contributed by atoms with Crippen LogP contribution in [0.3, 0.4) is 0 Å². The first-order chi connectivity index (χ1) is 8.80. The molecule has 1 fully saturated rings. The molecule has 1 aliphatic heterocycles. The Hall–Kier alpha value is -1.56. The highest BCUT2D eigenvalue weighted by Crippen LogP contribution is 2.29. The highest BCUT2D eigenvalue weighted by atomic mass is 19.4. The minimum atomic E-state index is -4.38. The zero-order valence-electron chi connectivity index (χ0n) is 10.5. The summed E-state index contributed by atoms with van der Waals surface area (Å²) in [7, 11) is 0. The van der Waals surface area contributed by atoms with Crippen LogP contribution in [0.5, 0.6) is 0 Å². The van der Waals surface area contributed by atoms with Gasteiger partial charge < -0.3 is 10.6 Å². The minimum absolute atomic E-state index is 0.237. The molecule has 2 rings (SSSR count). The number of alkyl halides is 3. The van der Waals surface area contributed by atoms with Gasteiger partial charge in [0, 0.05) is 12.1 Å². The number of hydrogen-bond donors (Lipinski definition) is 2. The van der Waals surface area contributed by atoms with E-state index in [1.807, 2.05) is 6.92 Å². The van der Waals surface area contributed by atoms with Crippen LogP contribution in [0.25, 0.3) is 0 Å². The van der Waals surface area contributed by atoms with Gasteiger partial charge in [-0.05, 0) is 44.2 Å². The summed E-state index contributed by atoms with van der Waals surface area (Å²) >= 11 is 0. The van der Waals surface area contributed by atoms with Crippen LogP contribution in [0.4, 0.5) is 13.2 Å². The number of benzene rings is 1. The van der Waals surface area contributed by atoms with E-state index in [1.54, 1.807) is 0 Å². The predicted molar refractivity (Wildman–Crippen MR) is 64.8 cm³/mol. The molecule has 1 aliphatic rings. The van der Waals surface area contributed by atoms with Crippen molar-refractivity contribution in [1.82, 2.24) is 10.6 Å². The smallest absolute Gasteiger partial charge is 0.346 e. The third kappa shape index (κ3) is 3.26. The molecule has 1 atom stereocenters. The zero-order valence-corrected chi connectivity index (χ0v) is 10.5. The molecule has 1 amide bonds. The van der Waals surface area contributed by atoms with Crippen LogP contribution in [0.1, 0.15) is 29.3 Å². The molecule has 0 saturated carbocycles. The van der Waals surface area contributed by atoms with Gasteiger partial charge in [0.1, 0.15) is 0 Å². The number of carbonyl (C=O) groups is 1. The van der Waals surface area contributed by atoms with Gasteiger partial charge in [0.25, 0.3) is 5.91 Å². The Bertz CT molecular complexity index is 462. The molecular weight excluding hydrogens is 257 g/mol. The second-order valence-electron chi connectivity index (χ2n) is 5.02. The fourth-order valence-corrected chi connectivity index (χ4v) is 2.08. The third-order valence-electron chi connectivity index (χ3n) is 3.26. The van der Waals surface area contributed by atoms with Gasteiger partial charge in [-0.3, -0.25) is 4.79 Å². The Balaban J connectivity index is 2.08. The molecule has 6 heteroatoms. The van der Waals surface area contributed by atoms with Crippen molar-refractivity contribution in [2.75, 3.05) is 13.1 Å². The summed E-state index contributed by atoms with van der Waals surface area (Å²) in [4.78, 5) is 11.9. The van der Waals surface area contributed by atoms with E-state index in [0.29, 0.717) is 6.54 Å². The number of nitrogens with one attached hydrogen (secondary N) is 2. The molecule has 0 radical (unpaired) electrons. The van der Waals surface area contributed by atoms with Crippen molar-refractivity contribution in [3.05, 3.63) is 35.4 Å². The average molecular weight is 272 g/mol. The molecule has 0 spiro atoms. The first-order valence-electron chi connectivity index (χ1n) is 6.01. The molecule has 0 aromatic heterocycles. The van der Waals surface area contributed by atoms with E-state index in [2.05, 4.69) is 10.6 Å². The van der Waals surface area contributed by atoms with Crippen molar-refractivity contribution in [3.8, 4) is 0 Å². The van der Waals surface area contributed by atoms with Gasteiger partial charge in [0.2, 0.25) is 0 Å². The predicted octanol–water partition coefficient (Wildman–Crippen LogP) is 2.19. The second kappa shape index (κ2) is 4.85. The molecule has 1 saturated heterocycles. The Morgan fingerprint density at radius 2 is 1.95 bits per heavy atom. The van der Waals surface area contributed by atoms with E-state index in [-0.39, 0.29) is 17.0 Å². The fourth-order valence-electron chi connectivity index (χ4n) is 2.08. The minimum Gasteiger partial charge on any atom is -0.346 e. The van der Waals surface area contributed by atoms with Gasteiger partial charge in [0.15, 0.2) is 0 Å². The van der Waals surface area contributed by atoms with Crippen LogP contribution in [0.2, 0.25) is 0 Å². The Morgan fingerprint density at radius 3 is 2.42 bits per heavy atom. The van der Waals surface area contributed by atoms with Crippen molar-refractivity contribution in [3.63, 3.8) is 0 Å². The molecule has 104 valence electrons. The summed E-state index contributed by atoms with van der Waals surface area (Å²) in [6.07, 6.45) is -3.57. The highest BCUT2D eigenvalue weighted by Gasteiger charge is 2.32. The number of halogens is 3. The molecular formula is C13H15F3N2O. The molecule has 1 aromatic carbocycles. The standard InChI is InChI=1S/C13H15F3N2O/c1-12(6-7-17-8-12)18-11(19)9-2-4-10(5-3-9)13(14,15)16/h2-5,17H,6-8H2,1H3,(H,18,19). The number of hydrogen-bond acceptors (Lipinski definition) is 2. The van der Waals surface area contributed by atoms with E-state index in [9.17, 15) is 18.0 Å². The van der Waals surface area contributed by atoms with Crippen molar-refractivity contribution in [2.45, 2.75) is 25.1 Å². The van der Waals surface area contributed by atoms with Crippen LogP contribution in [0, 0.1) is 0 Å². The van der Waals surface area contributed by atoms with Crippen molar-refractivity contribution < 1.29 is 18.0 Å². The average Bonchev–Trinajstić information content (AvgIpc) is 2.75. The number of carbonyl (C=O) groups excluding carboxylic acids is 1. The van der Waals surface area contributed by atoms with E-state index in [0.717, 1.165) is 25.1 Å². The van der Waals surface area contributed by atoms with E-state index >= 15 is 0 Å². The lowest BCUT2D eigenvalue weighted by Gasteiger charge is -2.24. The molecule has 1 aromatic rings. The summed E-state index contributed by atoms with van der Waals surface area (Å²) in [5.74, 6) is -0.347. The van der Waals surface area contributed by atoms with Gasteiger partial charge in [-0.1, -0.05) is 0 Å². The lowest BCUT2D eigenvalue weighted by atomic mass is 10.0. The van der Waals surface area contributed by atoms with Gasteiger partial charge in [0.05, 0.1) is 11.1 Å². The van der Waals surface area contributed by atoms with Gasteiger partial charge in [-0.2, -0.15) is 13.2 Å². The Kier molecular flexibility index (Phi) is 3.54. The second-order valence-corrected chi connectivity index (χ2v) is 5.02. The number of rotatable bonds is 2. The summed E-state index contributed by atoms with van der Waals surface area (Å²) < 4.78 is 37.2. The normalized spacial score (nSPS) is 23.4. The van der Waals surface area contributed by atoms with Crippen molar-refractivity contribution in [2.24, 2.45) is 0 Å². The van der Waals surface area contributed by atoms with Gasteiger partial charge in [-0.25, -0.2) is 0 Å². The van der Waals surface area contributed by atoms with Crippen LogP contribution in [-0.4, -0.2) is 24.5 Å². The molecule has 0 aliphatic carbocycles. The van der Waals surface area contributed by atoms with Crippen LogP contribution < -0.4 is 10.6 Å². The monoisotopic (exact) mass is 272 g/mol. The van der Waals surface area contributed by atoms with E-state index < -0.39 is 11.7 Å². The maximum atomic E-state index is 12.4. The summed E-state index contributed by atoms with van der Waals surface area (Å²) in [5.41, 5.74) is -0.848. The molecule has 19 heavy (non-hydrogen) atoms. The van der Waals surface area contributed by atoms with Crippen molar-refractivity contribution in [1.29, 1.82) is 0 Å². The first-order valence-corrected chi connectivity index (χ1v) is 6.01. The topological polar surface area (TPSA) is 41.1 Å². The largest absolute Gasteiger partial charge is 0.416 e. The highest BCUT2D eigenvalue weighted by molar-refractivity contribution is 5.94. The SMILES string of the molecule is CC1(NC(=O)c2ccc(C(F)(F)F)cc2)CCNC1. The molecule has 1 heterocycles. The zero-order chi connectivity index (χ0) is 14.1. The number of amides is 1. The molecule has 2 N–H and O–H groups in total. The van der Waals surface area contributed by atoms with Crippen LogP contribution in [-0.2, 0) is 6.18 Å². The van der Waals surface area contributed by atoms with Gasteiger partial charge in [-0.15, -0.1) is 0 Å². The summed E-state index contributed by atoms with van der Waals surface area (Å²) in [6.45, 7) is 3.40. The lowest BCUT2D eigenvalue weighted by Crippen LogP contribution is -2.47. The van der Waals surface area contributed by atoms with E-state index in [4.69, 9.17) is 0 Å². The quantitative estimate of drug-likeness (QED) is 0.866. The fraction of sp³-hybridized carbons (Fsp3) is 0.462. The maximum absolute atomic E-state index is 12.4. The van der Waals surface area contributed by atoms with Crippen LogP contribution >= 0.6 is 0 Å². The van der Waals surface area contributed by atoms with Crippen LogP contribution in [0.15, 0.2) is 24.3 Å². The van der Waals surface area contributed by atoms with E-state index in [1.165, 1.54) is 12.1 Å². The van der Waals surface area contributed by atoms with Crippen molar-refractivity contribution >= 4 is 5.91 Å². The maximum Gasteiger partial charge on any atom is 0.416 e. The molecule has 0 bridgehead atoms. The molecule has 3 nitrogen and oxygen atoms in total. The molecule has 1 unspecified atom stereocenters. The Labute approximate surface area is 109 Å². The summed E-state index contributed by atoms with van der Waals surface area (Å²) in [5, 5.41) is 5.98. The first kappa shape index (κ1) is 13.9.